The summed E-state index contributed by atoms with van der Waals surface area (Å²) in [6.45, 7) is 2.03. The highest BCUT2D eigenvalue weighted by molar-refractivity contribution is 5.98. The van der Waals surface area contributed by atoms with Gasteiger partial charge in [-0.2, -0.15) is 0 Å². The molecule has 1 amide bonds. The van der Waals surface area contributed by atoms with Crippen LogP contribution in [0.2, 0.25) is 0 Å². The Hall–Kier alpha value is -3.02. The molecule has 5 rings (SSSR count). The summed E-state index contributed by atoms with van der Waals surface area (Å²) in [4.78, 5) is 30.4. The summed E-state index contributed by atoms with van der Waals surface area (Å²) in [7, 11) is 1.63. The first-order chi connectivity index (χ1) is 13.1. The van der Waals surface area contributed by atoms with Crippen molar-refractivity contribution in [2.24, 2.45) is 5.92 Å². The van der Waals surface area contributed by atoms with E-state index in [2.05, 4.69) is 4.98 Å². The van der Waals surface area contributed by atoms with Gasteiger partial charge < -0.3 is 19.2 Å². The summed E-state index contributed by atoms with van der Waals surface area (Å²) < 4.78 is 7.15. The van der Waals surface area contributed by atoms with E-state index in [9.17, 15) is 9.59 Å². The van der Waals surface area contributed by atoms with E-state index in [0.29, 0.717) is 31.2 Å². The lowest BCUT2D eigenvalue weighted by molar-refractivity contribution is 0.0589. The van der Waals surface area contributed by atoms with Gasteiger partial charge in [0.05, 0.1) is 7.11 Å². The second-order valence-electron chi connectivity index (χ2n) is 7.54. The third-order valence-electron chi connectivity index (χ3n) is 5.83. The van der Waals surface area contributed by atoms with Crippen molar-refractivity contribution >= 4 is 16.8 Å². The molecule has 0 saturated carbocycles. The maximum Gasteiger partial charge on any atom is 0.270 e. The number of pyridine rings is 1. The van der Waals surface area contributed by atoms with E-state index >= 15 is 0 Å². The SMILES string of the molecule is COc1ccc2[nH]c(C(=O)N3CC4CC(C3)c3cccc(=O)n3C4)cc2c1. The summed E-state index contributed by atoms with van der Waals surface area (Å²) in [5.41, 5.74) is 2.64. The molecule has 0 radical (unpaired) electrons. The number of fused-ring (bicyclic) bond motifs is 5. The van der Waals surface area contributed by atoms with Gasteiger partial charge in [0.2, 0.25) is 0 Å². The van der Waals surface area contributed by atoms with Crippen molar-refractivity contribution in [2.45, 2.75) is 18.9 Å². The van der Waals surface area contributed by atoms with Crippen LogP contribution in [-0.2, 0) is 6.54 Å². The smallest absolute Gasteiger partial charge is 0.270 e. The van der Waals surface area contributed by atoms with Crippen LogP contribution in [-0.4, -0.2) is 40.6 Å². The van der Waals surface area contributed by atoms with Crippen molar-refractivity contribution in [1.29, 1.82) is 0 Å². The summed E-state index contributed by atoms with van der Waals surface area (Å²) in [6, 6.07) is 13.1. The molecular formula is C21H21N3O3. The molecule has 2 bridgehead atoms. The van der Waals surface area contributed by atoms with Crippen LogP contribution in [0, 0.1) is 5.92 Å². The standard InChI is InChI=1S/C21H21N3O3/c1-27-16-5-6-17-14(8-16)9-18(22-17)21(26)23-10-13-7-15(12-23)19-3-2-4-20(25)24(19)11-13/h2-6,8-9,13,15,22H,7,10-12H2,1H3. The molecule has 2 aromatic heterocycles. The van der Waals surface area contributed by atoms with Gasteiger partial charge in [-0.15, -0.1) is 0 Å². The van der Waals surface area contributed by atoms with Crippen molar-refractivity contribution in [2.75, 3.05) is 20.2 Å². The van der Waals surface area contributed by atoms with Crippen molar-refractivity contribution < 1.29 is 9.53 Å². The number of hydrogen-bond acceptors (Lipinski definition) is 3. The third-order valence-corrected chi connectivity index (χ3v) is 5.83. The maximum absolute atomic E-state index is 13.1. The molecule has 3 aromatic rings. The molecule has 4 heterocycles. The predicted molar refractivity (Wildman–Crippen MR) is 102 cm³/mol. The van der Waals surface area contributed by atoms with Crippen LogP contribution >= 0.6 is 0 Å². The third kappa shape index (κ3) is 2.63. The summed E-state index contributed by atoms with van der Waals surface area (Å²) >= 11 is 0. The van der Waals surface area contributed by atoms with E-state index in [4.69, 9.17) is 4.74 Å². The Labute approximate surface area is 156 Å². The second kappa shape index (κ2) is 6.01. The molecule has 6 nitrogen and oxygen atoms in total. The molecule has 0 aliphatic carbocycles. The Morgan fingerprint density at radius 2 is 2.04 bits per heavy atom. The molecule has 2 aliphatic rings. The Morgan fingerprint density at radius 3 is 2.89 bits per heavy atom. The predicted octanol–water partition coefficient (Wildman–Crippen LogP) is 2.60. The molecule has 27 heavy (non-hydrogen) atoms. The van der Waals surface area contributed by atoms with E-state index in [-0.39, 0.29) is 17.4 Å². The molecule has 1 aromatic carbocycles. The topological polar surface area (TPSA) is 67.3 Å². The van der Waals surface area contributed by atoms with Gasteiger partial charge in [0.1, 0.15) is 11.4 Å². The molecule has 138 valence electrons. The van der Waals surface area contributed by atoms with Crippen LogP contribution in [0.15, 0.2) is 47.3 Å². The summed E-state index contributed by atoms with van der Waals surface area (Å²) in [5.74, 6) is 1.34. The van der Waals surface area contributed by atoms with E-state index < -0.39 is 0 Å². The van der Waals surface area contributed by atoms with Gasteiger partial charge in [0.15, 0.2) is 0 Å². The maximum atomic E-state index is 13.1. The molecule has 1 N–H and O–H groups in total. The van der Waals surface area contributed by atoms with Crippen LogP contribution in [0.5, 0.6) is 5.75 Å². The fourth-order valence-electron chi connectivity index (χ4n) is 4.59. The number of likely N-dealkylation sites (tertiary alicyclic amines) is 1. The van der Waals surface area contributed by atoms with Crippen molar-refractivity contribution in [3.63, 3.8) is 0 Å². The van der Waals surface area contributed by atoms with Crippen LogP contribution in [0.4, 0.5) is 0 Å². The number of aromatic amines is 1. The first-order valence-corrected chi connectivity index (χ1v) is 9.28. The number of methoxy groups -OCH3 is 1. The summed E-state index contributed by atoms with van der Waals surface area (Å²) in [6.07, 6.45) is 1.04. The second-order valence-corrected chi connectivity index (χ2v) is 7.54. The number of amides is 1. The highest BCUT2D eigenvalue weighted by Gasteiger charge is 2.36. The van der Waals surface area contributed by atoms with Gasteiger partial charge in [0, 0.05) is 48.2 Å². The molecule has 1 saturated heterocycles. The van der Waals surface area contributed by atoms with Crippen molar-refractivity contribution in [1.82, 2.24) is 14.5 Å². The number of rotatable bonds is 2. The Balaban J connectivity index is 1.44. The molecule has 6 heteroatoms. The Bertz CT molecular complexity index is 1100. The average Bonchev–Trinajstić information content (AvgIpc) is 3.11. The zero-order valence-electron chi connectivity index (χ0n) is 15.1. The number of piperidine rings is 1. The zero-order chi connectivity index (χ0) is 18.5. The number of aromatic nitrogens is 2. The number of hydrogen-bond donors (Lipinski definition) is 1. The van der Waals surface area contributed by atoms with E-state index in [1.54, 1.807) is 13.2 Å². The lowest BCUT2D eigenvalue weighted by Gasteiger charge is -2.42. The molecule has 2 aliphatic heterocycles. The van der Waals surface area contributed by atoms with Crippen molar-refractivity contribution in [3.8, 4) is 5.75 Å². The molecule has 2 atom stereocenters. The number of nitrogens with zero attached hydrogens (tertiary/aromatic N) is 2. The number of carbonyl (C=O) groups is 1. The molecular weight excluding hydrogens is 342 g/mol. The van der Waals surface area contributed by atoms with Crippen LogP contribution in [0.3, 0.4) is 0 Å². The van der Waals surface area contributed by atoms with Crippen LogP contribution < -0.4 is 10.3 Å². The fraction of sp³-hybridized carbons (Fsp3) is 0.333. The molecule has 0 spiro atoms. The molecule has 1 fully saturated rings. The van der Waals surface area contributed by atoms with E-state index in [0.717, 1.165) is 28.8 Å². The minimum Gasteiger partial charge on any atom is -0.497 e. The Kier molecular flexibility index (Phi) is 3.60. The van der Waals surface area contributed by atoms with Gasteiger partial charge in [-0.05, 0) is 42.7 Å². The minimum absolute atomic E-state index is 0.0200. The highest BCUT2D eigenvalue weighted by atomic mass is 16.5. The van der Waals surface area contributed by atoms with Crippen LogP contribution in [0.25, 0.3) is 10.9 Å². The first kappa shape index (κ1) is 16.2. The van der Waals surface area contributed by atoms with Gasteiger partial charge in [-0.25, -0.2) is 0 Å². The van der Waals surface area contributed by atoms with Crippen LogP contribution in [0.1, 0.15) is 28.5 Å². The van der Waals surface area contributed by atoms with Gasteiger partial charge in [-0.1, -0.05) is 6.07 Å². The van der Waals surface area contributed by atoms with E-state index in [1.165, 1.54) is 0 Å². The average molecular weight is 363 g/mol. The fourth-order valence-corrected chi connectivity index (χ4v) is 4.59. The Morgan fingerprint density at radius 1 is 1.15 bits per heavy atom. The molecule has 2 unspecified atom stereocenters. The van der Waals surface area contributed by atoms with Crippen molar-refractivity contribution in [3.05, 3.63) is 64.2 Å². The zero-order valence-corrected chi connectivity index (χ0v) is 15.1. The number of ether oxygens (including phenoxy) is 1. The van der Waals surface area contributed by atoms with E-state index in [1.807, 2.05) is 45.9 Å². The normalized spacial score (nSPS) is 21.1. The number of nitrogens with one attached hydrogen (secondary N) is 1. The quantitative estimate of drug-likeness (QED) is 0.761. The lowest BCUT2D eigenvalue weighted by atomic mass is 9.83. The monoisotopic (exact) mass is 363 g/mol. The summed E-state index contributed by atoms with van der Waals surface area (Å²) in [5, 5.41) is 0.965. The number of carbonyl (C=O) groups excluding carboxylic acids is 1. The first-order valence-electron chi connectivity index (χ1n) is 9.28. The highest BCUT2D eigenvalue weighted by Crippen LogP contribution is 2.35. The van der Waals surface area contributed by atoms with Gasteiger partial charge in [-0.3, -0.25) is 9.59 Å². The number of benzene rings is 1. The lowest BCUT2D eigenvalue weighted by Crippen LogP contribution is -2.49. The minimum atomic E-state index is 0.0200. The largest absolute Gasteiger partial charge is 0.497 e. The van der Waals surface area contributed by atoms with Gasteiger partial charge >= 0.3 is 0 Å². The van der Waals surface area contributed by atoms with Gasteiger partial charge in [0.25, 0.3) is 11.5 Å². The number of H-pyrrole nitrogens is 1.